The van der Waals surface area contributed by atoms with Crippen LogP contribution in [-0.2, 0) is 6.42 Å². The van der Waals surface area contributed by atoms with E-state index in [1.165, 1.54) is 12.1 Å². The lowest BCUT2D eigenvalue weighted by Gasteiger charge is -2.18. The van der Waals surface area contributed by atoms with Crippen molar-refractivity contribution in [1.29, 1.82) is 0 Å². The molecule has 0 radical (unpaired) electrons. The number of likely N-dealkylation sites (N-methyl/N-ethyl adjacent to an activating group) is 1. The molecule has 4 rings (SSSR count). The van der Waals surface area contributed by atoms with Crippen molar-refractivity contribution in [2.45, 2.75) is 20.3 Å². The lowest BCUT2D eigenvalue weighted by Crippen LogP contribution is -2.29. The third-order valence-corrected chi connectivity index (χ3v) is 6.44. The van der Waals surface area contributed by atoms with Crippen molar-refractivity contribution < 1.29 is 18.7 Å². The molecule has 0 bridgehead atoms. The fourth-order valence-electron chi connectivity index (χ4n) is 4.32. The van der Waals surface area contributed by atoms with E-state index in [1.54, 1.807) is 31.3 Å². The molecule has 36 heavy (non-hydrogen) atoms. The molecule has 0 N–H and O–H groups in total. The summed E-state index contributed by atoms with van der Waals surface area (Å²) >= 11 is 0. The van der Waals surface area contributed by atoms with Gasteiger partial charge in [0, 0.05) is 25.0 Å². The van der Waals surface area contributed by atoms with Gasteiger partial charge in [-0.2, -0.15) is 0 Å². The second kappa shape index (κ2) is 10.7. The third kappa shape index (κ3) is 5.13. The zero-order valence-corrected chi connectivity index (χ0v) is 21.3. The van der Waals surface area contributed by atoms with E-state index in [0.717, 1.165) is 33.8 Å². The standard InChI is InChI=1S/C30H31FN2O3/c1-20-6-13-25(14-7-20)33-21(2)26(19-27(33)23-9-11-24(31)12-10-23)30(34)32(3)17-16-22-8-15-28(35-4)29(18-22)36-5/h6-15,18-19H,16-17H2,1-5H3. The molecule has 0 unspecified atom stereocenters. The van der Waals surface area contributed by atoms with Gasteiger partial charge in [0.2, 0.25) is 0 Å². The average Bonchev–Trinajstić information content (AvgIpc) is 3.24. The predicted octanol–water partition coefficient (Wildman–Crippen LogP) is 6.23. The quantitative estimate of drug-likeness (QED) is 0.296. The van der Waals surface area contributed by atoms with Gasteiger partial charge in [-0.15, -0.1) is 0 Å². The van der Waals surface area contributed by atoms with Crippen LogP contribution in [0.15, 0.2) is 72.8 Å². The highest BCUT2D eigenvalue weighted by Gasteiger charge is 2.22. The highest BCUT2D eigenvalue weighted by Crippen LogP contribution is 2.31. The van der Waals surface area contributed by atoms with E-state index < -0.39 is 0 Å². The largest absolute Gasteiger partial charge is 0.493 e. The molecule has 0 fully saturated rings. The topological polar surface area (TPSA) is 43.7 Å². The van der Waals surface area contributed by atoms with Gasteiger partial charge in [-0.1, -0.05) is 23.8 Å². The number of halogens is 1. The number of aromatic nitrogens is 1. The number of carbonyl (C=O) groups excluding carboxylic acids is 1. The number of hydrogen-bond acceptors (Lipinski definition) is 3. The molecule has 1 aromatic heterocycles. The van der Waals surface area contributed by atoms with Gasteiger partial charge in [-0.3, -0.25) is 4.79 Å². The predicted molar refractivity (Wildman–Crippen MR) is 141 cm³/mol. The van der Waals surface area contributed by atoms with Crippen LogP contribution >= 0.6 is 0 Å². The Kier molecular flexibility index (Phi) is 7.44. The summed E-state index contributed by atoms with van der Waals surface area (Å²) < 4.78 is 26.4. The van der Waals surface area contributed by atoms with Crippen LogP contribution in [0.25, 0.3) is 16.9 Å². The maximum atomic E-state index is 13.6. The van der Waals surface area contributed by atoms with Crippen molar-refractivity contribution in [1.82, 2.24) is 9.47 Å². The smallest absolute Gasteiger partial charge is 0.255 e. The number of rotatable bonds is 8. The summed E-state index contributed by atoms with van der Waals surface area (Å²) in [6.07, 6.45) is 0.672. The number of nitrogens with zero attached hydrogens (tertiary/aromatic N) is 2. The number of methoxy groups -OCH3 is 2. The summed E-state index contributed by atoms with van der Waals surface area (Å²) in [5, 5.41) is 0. The summed E-state index contributed by atoms with van der Waals surface area (Å²) in [6, 6.07) is 22.2. The lowest BCUT2D eigenvalue weighted by atomic mass is 10.1. The van der Waals surface area contributed by atoms with E-state index in [2.05, 4.69) is 4.57 Å². The van der Waals surface area contributed by atoms with Crippen molar-refractivity contribution >= 4 is 5.91 Å². The summed E-state index contributed by atoms with van der Waals surface area (Å²) in [7, 11) is 5.02. The SMILES string of the molecule is COc1ccc(CCN(C)C(=O)c2cc(-c3ccc(F)cc3)n(-c3ccc(C)cc3)c2C)cc1OC. The molecule has 0 aliphatic carbocycles. The molecule has 1 heterocycles. The Morgan fingerprint density at radius 1 is 0.889 bits per heavy atom. The summed E-state index contributed by atoms with van der Waals surface area (Å²) in [5.41, 5.74) is 6.28. The number of amides is 1. The van der Waals surface area contributed by atoms with Crippen LogP contribution in [0, 0.1) is 19.7 Å². The normalized spacial score (nSPS) is 10.8. The monoisotopic (exact) mass is 486 g/mol. The van der Waals surface area contributed by atoms with Gasteiger partial charge in [0.1, 0.15) is 5.82 Å². The lowest BCUT2D eigenvalue weighted by molar-refractivity contribution is 0.0796. The van der Waals surface area contributed by atoms with Crippen LogP contribution < -0.4 is 9.47 Å². The molecule has 0 spiro atoms. The van der Waals surface area contributed by atoms with Crippen molar-refractivity contribution in [2.24, 2.45) is 0 Å². The minimum atomic E-state index is -0.296. The summed E-state index contributed by atoms with van der Waals surface area (Å²) in [4.78, 5) is 15.3. The Bertz CT molecular complexity index is 1360. The van der Waals surface area contributed by atoms with E-state index >= 15 is 0 Å². The van der Waals surface area contributed by atoms with E-state index in [1.807, 2.05) is 69.4 Å². The number of carbonyl (C=O) groups is 1. The molecule has 186 valence electrons. The fourth-order valence-corrected chi connectivity index (χ4v) is 4.32. The summed E-state index contributed by atoms with van der Waals surface area (Å²) in [6.45, 7) is 4.52. The van der Waals surface area contributed by atoms with Crippen LogP contribution in [0.3, 0.4) is 0 Å². The first-order chi connectivity index (χ1) is 17.3. The Hall–Kier alpha value is -4.06. The Labute approximate surface area is 211 Å². The van der Waals surface area contributed by atoms with Gasteiger partial charge in [0.25, 0.3) is 5.91 Å². The molecule has 0 atom stereocenters. The maximum absolute atomic E-state index is 13.6. The molecule has 5 nitrogen and oxygen atoms in total. The van der Waals surface area contributed by atoms with E-state index in [-0.39, 0.29) is 11.7 Å². The first-order valence-electron chi connectivity index (χ1n) is 11.8. The maximum Gasteiger partial charge on any atom is 0.255 e. The first kappa shape index (κ1) is 25.0. The molecule has 6 heteroatoms. The number of hydrogen-bond donors (Lipinski definition) is 0. The molecule has 1 amide bonds. The van der Waals surface area contributed by atoms with Gasteiger partial charge in [-0.05, 0) is 86.0 Å². The minimum Gasteiger partial charge on any atom is -0.493 e. The molecule has 0 saturated carbocycles. The molecule has 0 aliphatic heterocycles. The van der Waals surface area contributed by atoms with Crippen molar-refractivity contribution in [3.8, 4) is 28.4 Å². The number of benzene rings is 3. The Morgan fingerprint density at radius 2 is 1.56 bits per heavy atom. The number of ether oxygens (including phenoxy) is 2. The molecule has 0 saturated heterocycles. The zero-order chi connectivity index (χ0) is 25.8. The van der Waals surface area contributed by atoms with E-state index in [9.17, 15) is 9.18 Å². The van der Waals surface area contributed by atoms with Gasteiger partial charge >= 0.3 is 0 Å². The zero-order valence-electron chi connectivity index (χ0n) is 21.3. The van der Waals surface area contributed by atoms with Crippen molar-refractivity contribution in [2.75, 3.05) is 27.8 Å². The van der Waals surface area contributed by atoms with Crippen LogP contribution in [0.5, 0.6) is 11.5 Å². The van der Waals surface area contributed by atoms with Gasteiger partial charge in [0.05, 0.1) is 25.5 Å². The Balaban J connectivity index is 1.64. The summed E-state index contributed by atoms with van der Waals surface area (Å²) in [5.74, 6) is 0.975. The van der Waals surface area contributed by atoms with Crippen LogP contribution in [-0.4, -0.2) is 43.2 Å². The third-order valence-electron chi connectivity index (χ3n) is 6.44. The van der Waals surface area contributed by atoms with Crippen LogP contribution in [0.4, 0.5) is 4.39 Å². The molecule has 0 aliphatic rings. The second-order valence-electron chi connectivity index (χ2n) is 8.87. The molecule has 3 aromatic carbocycles. The van der Waals surface area contributed by atoms with Gasteiger partial charge in [-0.25, -0.2) is 4.39 Å². The average molecular weight is 487 g/mol. The van der Waals surface area contributed by atoms with E-state index in [0.29, 0.717) is 30.0 Å². The van der Waals surface area contributed by atoms with Crippen LogP contribution in [0.2, 0.25) is 0 Å². The van der Waals surface area contributed by atoms with E-state index in [4.69, 9.17) is 9.47 Å². The second-order valence-corrected chi connectivity index (χ2v) is 8.87. The van der Waals surface area contributed by atoms with Gasteiger partial charge < -0.3 is 18.9 Å². The molecule has 4 aromatic rings. The molecular formula is C30H31FN2O3. The first-order valence-corrected chi connectivity index (χ1v) is 11.8. The van der Waals surface area contributed by atoms with Gasteiger partial charge in [0.15, 0.2) is 11.5 Å². The molecular weight excluding hydrogens is 455 g/mol. The van der Waals surface area contributed by atoms with Crippen molar-refractivity contribution in [3.05, 3.63) is 101 Å². The highest BCUT2D eigenvalue weighted by molar-refractivity contribution is 5.97. The minimum absolute atomic E-state index is 0.0674. The Morgan fingerprint density at radius 3 is 2.19 bits per heavy atom. The highest BCUT2D eigenvalue weighted by atomic mass is 19.1. The number of aryl methyl sites for hydroxylation is 1. The fraction of sp³-hybridized carbons (Fsp3) is 0.233. The van der Waals surface area contributed by atoms with Crippen molar-refractivity contribution in [3.63, 3.8) is 0 Å². The van der Waals surface area contributed by atoms with Crippen LogP contribution in [0.1, 0.15) is 27.2 Å².